The van der Waals surface area contributed by atoms with E-state index in [4.69, 9.17) is 9.47 Å². The molecule has 1 aliphatic rings. The number of rotatable bonds is 5. The predicted octanol–water partition coefficient (Wildman–Crippen LogP) is 0.954. The fourth-order valence-electron chi connectivity index (χ4n) is 1.84. The molecule has 2 atom stereocenters. The van der Waals surface area contributed by atoms with E-state index in [1.165, 1.54) is 0 Å². The Morgan fingerprint density at radius 2 is 2.27 bits per heavy atom. The van der Waals surface area contributed by atoms with Gasteiger partial charge in [0.2, 0.25) is 0 Å². The van der Waals surface area contributed by atoms with Crippen LogP contribution >= 0.6 is 0 Å². The van der Waals surface area contributed by atoms with Crippen LogP contribution in [0.25, 0.3) is 0 Å². The van der Waals surface area contributed by atoms with Gasteiger partial charge in [0.15, 0.2) is 0 Å². The van der Waals surface area contributed by atoms with Gasteiger partial charge in [0.05, 0.1) is 12.5 Å². The van der Waals surface area contributed by atoms with Crippen molar-refractivity contribution in [3.05, 3.63) is 0 Å². The van der Waals surface area contributed by atoms with Gasteiger partial charge in [0, 0.05) is 26.2 Å². The SMILES string of the molecule is COCCCOC(=O)C1CCNC(C)C1. The third-order valence-electron chi connectivity index (χ3n) is 2.69. The van der Waals surface area contributed by atoms with Crippen LogP contribution in [0.1, 0.15) is 26.2 Å². The molecular weight excluding hydrogens is 194 g/mol. The van der Waals surface area contributed by atoms with Gasteiger partial charge in [-0.15, -0.1) is 0 Å². The molecule has 2 unspecified atom stereocenters. The molecule has 0 bridgehead atoms. The standard InChI is InChI=1S/C11H21NO3/c1-9-8-10(4-5-12-9)11(13)15-7-3-6-14-2/h9-10,12H,3-8H2,1-2H3. The third kappa shape index (κ3) is 4.62. The minimum atomic E-state index is -0.0422. The summed E-state index contributed by atoms with van der Waals surface area (Å²) in [5.74, 6) is 0.0447. The smallest absolute Gasteiger partial charge is 0.309 e. The summed E-state index contributed by atoms with van der Waals surface area (Å²) in [5, 5.41) is 3.32. The number of esters is 1. The first-order valence-corrected chi connectivity index (χ1v) is 5.63. The highest BCUT2D eigenvalue weighted by Gasteiger charge is 2.25. The van der Waals surface area contributed by atoms with Crippen LogP contribution in [0.5, 0.6) is 0 Å². The van der Waals surface area contributed by atoms with E-state index in [1.54, 1.807) is 7.11 Å². The molecule has 0 aromatic carbocycles. The van der Waals surface area contributed by atoms with Crippen molar-refractivity contribution < 1.29 is 14.3 Å². The molecule has 0 aromatic rings. The van der Waals surface area contributed by atoms with Gasteiger partial charge >= 0.3 is 5.97 Å². The first-order chi connectivity index (χ1) is 7.24. The highest BCUT2D eigenvalue weighted by Crippen LogP contribution is 2.17. The molecule has 0 radical (unpaired) electrons. The first kappa shape index (κ1) is 12.5. The zero-order valence-electron chi connectivity index (χ0n) is 9.62. The largest absolute Gasteiger partial charge is 0.465 e. The Kier molecular flexibility index (Phi) is 5.65. The quantitative estimate of drug-likeness (QED) is 0.548. The number of hydrogen-bond donors (Lipinski definition) is 1. The van der Waals surface area contributed by atoms with E-state index in [2.05, 4.69) is 12.2 Å². The highest BCUT2D eigenvalue weighted by molar-refractivity contribution is 5.72. The van der Waals surface area contributed by atoms with Crippen molar-refractivity contribution in [3.8, 4) is 0 Å². The molecule has 0 saturated carbocycles. The fraction of sp³-hybridized carbons (Fsp3) is 0.909. The molecule has 0 aromatic heterocycles. The Morgan fingerprint density at radius 3 is 2.93 bits per heavy atom. The maximum Gasteiger partial charge on any atom is 0.309 e. The number of nitrogens with one attached hydrogen (secondary N) is 1. The first-order valence-electron chi connectivity index (χ1n) is 5.63. The summed E-state index contributed by atoms with van der Waals surface area (Å²) in [6.07, 6.45) is 2.57. The molecule has 0 amide bonds. The van der Waals surface area contributed by atoms with Crippen molar-refractivity contribution in [2.24, 2.45) is 5.92 Å². The van der Waals surface area contributed by atoms with E-state index >= 15 is 0 Å². The zero-order chi connectivity index (χ0) is 11.1. The molecule has 1 fully saturated rings. The number of methoxy groups -OCH3 is 1. The minimum absolute atomic E-state index is 0.0422. The lowest BCUT2D eigenvalue weighted by atomic mass is 9.93. The van der Waals surface area contributed by atoms with Gasteiger partial charge in [-0.2, -0.15) is 0 Å². The van der Waals surface area contributed by atoms with Crippen LogP contribution in [-0.4, -0.2) is 38.9 Å². The maximum absolute atomic E-state index is 11.6. The van der Waals surface area contributed by atoms with Gasteiger partial charge in [0.25, 0.3) is 0 Å². The Balaban J connectivity index is 2.15. The lowest BCUT2D eigenvalue weighted by molar-refractivity contribution is -0.150. The maximum atomic E-state index is 11.6. The van der Waals surface area contributed by atoms with Gasteiger partial charge in [-0.05, 0) is 26.3 Å². The normalized spacial score (nSPS) is 26.3. The lowest BCUT2D eigenvalue weighted by Crippen LogP contribution is -2.39. The van der Waals surface area contributed by atoms with Gasteiger partial charge in [-0.3, -0.25) is 4.79 Å². The van der Waals surface area contributed by atoms with E-state index in [9.17, 15) is 4.79 Å². The second-order valence-corrected chi connectivity index (χ2v) is 4.09. The molecular formula is C11H21NO3. The Labute approximate surface area is 91.3 Å². The molecule has 15 heavy (non-hydrogen) atoms. The molecule has 1 saturated heterocycles. The average molecular weight is 215 g/mol. The molecule has 1 heterocycles. The second-order valence-electron chi connectivity index (χ2n) is 4.09. The van der Waals surface area contributed by atoms with Gasteiger partial charge in [-0.25, -0.2) is 0 Å². The molecule has 0 aliphatic carbocycles. The zero-order valence-corrected chi connectivity index (χ0v) is 9.62. The molecule has 4 nitrogen and oxygen atoms in total. The topological polar surface area (TPSA) is 47.6 Å². The molecule has 1 N–H and O–H groups in total. The molecule has 88 valence electrons. The van der Waals surface area contributed by atoms with E-state index in [0.29, 0.717) is 19.3 Å². The van der Waals surface area contributed by atoms with Crippen molar-refractivity contribution in [3.63, 3.8) is 0 Å². The summed E-state index contributed by atoms with van der Waals surface area (Å²) >= 11 is 0. The second kappa shape index (κ2) is 6.80. The average Bonchev–Trinajstić information content (AvgIpc) is 2.24. The van der Waals surface area contributed by atoms with E-state index in [0.717, 1.165) is 25.8 Å². The van der Waals surface area contributed by atoms with Crippen molar-refractivity contribution in [2.75, 3.05) is 26.9 Å². The summed E-state index contributed by atoms with van der Waals surface area (Å²) in [5.41, 5.74) is 0. The summed E-state index contributed by atoms with van der Waals surface area (Å²) in [6.45, 7) is 4.14. The number of ether oxygens (including phenoxy) is 2. The number of piperidine rings is 1. The monoisotopic (exact) mass is 215 g/mol. The van der Waals surface area contributed by atoms with Crippen LogP contribution in [0.15, 0.2) is 0 Å². The van der Waals surface area contributed by atoms with Crippen LogP contribution in [0, 0.1) is 5.92 Å². The van der Waals surface area contributed by atoms with Gasteiger partial charge in [-0.1, -0.05) is 0 Å². The summed E-state index contributed by atoms with van der Waals surface area (Å²) in [4.78, 5) is 11.6. The third-order valence-corrected chi connectivity index (χ3v) is 2.69. The summed E-state index contributed by atoms with van der Waals surface area (Å²) in [7, 11) is 1.65. The molecule has 0 spiro atoms. The van der Waals surface area contributed by atoms with Gasteiger partial charge in [0.1, 0.15) is 0 Å². The Hall–Kier alpha value is -0.610. The van der Waals surface area contributed by atoms with E-state index < -0.39 is 0 Å². The van der Waals surface area contributed by atoms with Gasteiger partial charge < -0.3 is 14.8 Å². The lowest BCUT2D eigenvalue weighted by Gasteiger charge is -2.26. The number of carbonyl (C=O) groups excluding carboxylic acids is 1. The van der Waals surface area contributed by atoms with Crippen molar-refractivity contribution in [1.29, 1.82) is 0 Å². The molecule has 1 rings (SSSR count). The van der Waals surface area contributed by atoms with E-state index in [-0.39, 0.29) is 11.9 Å². The van der Waals surface area contributed by atoms with Crippen molar-refractivity contribution >= 4 is 5.97 Å². The van der Waals surface area contributed by atoms with Crippen LogP contribution in [0.4, 0.5) is 0 Å². The van der Waals surface area contributed by atoms with Crippen molar-refractivity contribution in [2.45, 2.75) is 32.2 Å². The molecule has 4 heteroatoms. The van der Waals surface area contributed by atoms with E-state index in [1.807, 2.05) is 0 Å². The summed E-state index contributed by atoms with van der Waals surface area (Å²) in [6, 6.07) is 0.426. The van der Waals surface area contributed by atoms with Crippen LogP contribution < -0.4 is 5.32 Å². The number of hydrogen-bond acceptors (Lipinski definition) is 4. The Bertz CT molecular complexity index is 196. The number of carbonyl (C=O) groups is 1. The van der Waals surface area contributed by atoms with Crippen LogP contribution in [0.2, 0.25) is 0 Å². The summed E-state index contributed by atoms with van der Waals surface area (Å²) < 4.78 is 10.1. The van der Waals surface area contributed by atoms with Crippen LogP contribution in [0.3, 0.4) is 0 Å². The highest BCUT2D eigenvalue weighted by atomic mass is 16.5. The van der Waals surface area contributed by atoms with Crippen molar-refractivity contribution in [1.82, 2.24) is 5.32 Å². The minimum Gasteiger partial charge on any atom is -0.465 e. The molecule has 1 aliphatic heterocycles. The predicted molar refractivity (Wildman–Crippen MR) is 57.6 cm³/mol. The fourth-order valence-corrected chi connectivity index (χ4v) is 1.84. The Morgan fingerprint density at radius 1 is 1.47 bits per heavy atom. The van der Waals surface area contributed by atoms with Crippen LogP contribution in [-0.2, 0) is 14.3 Å².